The monoisotopic (exact) mass is 504 g/mol. The summed E-state index contributed by atoms with van der Waals surface area (Å²) in [6.07, 6.45) is 5.48. The molecule has 204 valence electrons. The SMILES string of the molecule is CC1(C)CC[C@]2(C(=O)O)CC[C@]3(C)C(=CC[C@@H]4[C@@]5(C)C[C@H](O)[C@H](O)C(C)(CO)C5CC[C@]43C)[C@H]2[C@@H]1O. The molecule has 5 N–H and O–H groups in total. The van der Waals surface area contributed by atoms with E-state index in [0.29, 0.717) is 25.7 Å². The van der Waals surface area contributed by atoms with Crippen molar-refractivity contribution in [2.24, 2.45) is 50.2 Å². The van der Waals surface area contributed by atoms with Crippen molar-refractivity contribution in [3.8, 4) is 0 Å². The van der Waals surface area contributed by atoms with Crippen molar-refractivity contribution < 1.29 is 30.3 Å². The summed E-state index contributed by atoms with van der Waals surface area (Å²) in [5.74, 6) is -0.833. The number of allylic oxidation sites excluding steroid dienone is 1. The molecule has 0 aromatic heterocycles. The molecule has 6 heteroatoms. The van der Waals surface area contributed by atoms with Crippen molar-refractivity contribution in [3.05, 3.63) is 11.6 Å². The quantitative estimate of drug-likeness (QED) is 0.361. The van der Waals surface area contributed by atoms with E-state index >= 15 is 0 Å². The van der Waals surface area contributed by atoms with Gasteiger partial charge >= 0.3 is 5.97 Å². The van der Waals surface area contributed by atoms with Crippen LogP contribution in [-0.2, 0) is 4.79 Å². The van der Waals surface area contributed by atoms with E-state index in [2.05, 4.69) is 40.7 Å². The largest absolute Gasteiger partial charge is 0.481 e. The van der Waals surface area contributed by atoms with Crippen molar-refractivity contribution in [1.29, 1.82) is 0 Å². The van der Waals surface area contributed by atoms with Gasteiger partial charge in [-0.3, -0.25) is 4.79 Å². The van der Waals surface area contributed by atoms with Gasteiger partial charge < -0.3 is 25.5 Å². The standard InChI is InChI=1S/C30H48O6/c1-25(2)11-13-30(24(35)36)14-12-28(5)17(21(30)23(25)34)7-8-20-26(3)15-18(32)22(33)27(4,16-31)19(26)9-10-29(20,28)6/h7,18-23,31-34H,8-16H2,1-6H3,(H,35,36)/t18-,19?,20+,21-,22-,23-,26-,27?,28+,29+,30-/m0/s1. The zero-order valence-corrected chi connectivity index (χ0v) is 23.0. The summed E-state index contributed by atoms with van der Waals surface area (Å²) in [6.45, 7) is 12.9. The summed E-state index contributed by atoms with van der Waals surface area (Å²) < 4.78 is 0. The third-order valence-corrected chi connectivity index (χ3v) is 13.4. The van der Waals surface area contributed by atoms with E-state index in [-0.39, 0.29) is 46.0 Å². The number of aliphatic hydroxyl groups is 4. The highest BCUT2D eigenvalue weighted by atomic mass is 16.4. The maximum Gasteiger partial charge on any atom is 0.310 e. The van der Waals surface area contributed by atoms with Crippen LogP contribution < -0.4 is 0 Å². The fourth-order valence-corrected chi connectivity index (χ4v) is 10.8. The Morgan fingerprint density at radius 2 is 1.56 bits per heavy atom. The van der Waals surface area contributed by atoms with Crippen LogP contribution in [0.3, 0.4) is 0 Å². The van der Waals surface area contributed by atoms with Gasteiger partial charge in [-0.2, -0.15) is 0 Å². The predicted molar refractivity (Wildman–Crippen MR) is 137 cm³/mol. The highest BCUT2D eigenvalue weighted by molar-refractivity contribution is 5.77. The molecular formula is C30H48O6. The molecule has 5 aliphatic carbocycles. The number of rotatable bonds is 2. The number of hydrogen-bond donors (Lipinski definition) is 5. The lowest BCUT2D eigenvalue weighted by atomic mass is 9.33. The summed E-state index contributed by atoms with van der Waals surface area (Å²) in [7, 11) is 0. The van der Waals surface area contributed by atoms with E-state index in [1.54, 1.807) is 0 Å². The molecule has 5 aliphatic rings. The third kappa shape index (κ3) is 2.96. The summed E-state index contributed by atoms with van der Waals surface area (Å²) >= 11 is 0. The van der Waals surface area contributed by atoms with E-state index in [1.807, 2.05) is 6.92 Å². The minimum absolute atomic E-state index is 0.0888. The number of hydrogen-bond acceptors (Lipinski definition) is 5. The molecule has 0 aromatic rings. The average Bonchev–Trinajstić information content (AvgIpc) is 2.80. The van der Waals surface area contributed by atoms with E-state index in [1.165, 1.54) is 0 Å². The van der Waals surface area contributed by atoms with E-state index in [4.69, 9.17) is 0 Å². The number of carbonyl (C=O) groups is 1. The van der Waals surface area contributed by atoms with Gasteiger partial charge in [0.1, 0.15) is 0 Å². The molecule has 0 aliphatic heterocycles. The Kier molecular flexibility index (Phi) is 5.77. The Balaban J connectivity index is 1.63. The fraction of sp³-hybridized carbons (Fsp3) is 0.900. The summed E-state index contributed by atoms with van der Waals surface area (Å²) in [4.78, 5) is 12.8. The smallest absolute Gasteiger partial charge is 0.310 e. The molecule has 0 bridgehead atoms. The molecule has 4 fully saturated rings. The van der Waals surface area contributed by atoms with Crippen LogP contribution in [0.15, 0.2) is 11.6 Å². The number of aliphatic hydroxyl groups excluding tert-OH is 4. The van der Waals surface area contributed by atoms with E-state index in [0.717, 1.165) is 31.3 Å². The lowest BCUT2D eigenvalue weighted by Crippen LogP contribution is -2.69. The molecule has 5 rings (SSSR count). The number of aliphatic carboxylic acids is 1. The fourth-order valence-electron chi connectivity index (χ4n) is 10.8. The van der Waals surface area contributed by atoms with Crippen LogP contribution in [0.5, 0.6) is 0 Å². The van der Waals surface area contributed by atoms with Crippen LogP contribution >= 0.6 is 0 Å². The van der Waals surface area contributed by atoms with Gasteiger partial charge in [0.2, 0.25) is 0 Å². The van der Waals surface area contributed by atoms with Crippen molar-refractivity contribution in [2.75, 3.05) is 6.61 Å². The maximum atomic E-state index is 12.8. The first-order valence-electron chi connectivity index (χ1n) is 14.1. The first-order valence-corrected chi connectivity index (χ1v) is 14.1. The molecule has 4 saturated carbocycles. The molecule has 11 atom stereocenters. The zero-order valence-electron chi connectivity index (χ0n) is 23.0. The van der Waals surface area contributed by atoms with Crippen molar-refractivity contribution in [1.82, 2.24) is 0 Å². The molecule has 0 aromatic carbocycles. The average molecular weight is 505 g/mol. The molecular weight excluding hydrogens is 456 g/mol. The van der Waals surface area contributed by atoms with Gasteiger partial charge in [-0.1, -0.05) is 53.2 Å². The van der Waals surface area contributed by atoms with E-state index < -0.39 is 35.1 Å². The van der Waals surface area contributed by atoms with Crippen LogP contribution in [-0.4, -0.2) is 56.4 Å². The van der Waals surface area contributed by atoms with Crippen molar-refractivity contribution in [3.63, 3.8) is 0 Å². The minimum atomic E-state index is -0.944. The van der Waals surface area contributed by atoms with Gasteiger partial charge in [-0.25, -0.2) is 0 Å². The summed E-state index contributed by atoms with van der Waals surface area (Å²) in [5.41, 5.74) is -1.50. The second-order valence-corrected chi connectivity index (χ2v) is 15.0. The molecule has 0 radical (unpaired) electrons. The summed E-state index contributed by atoms with van der Waals surface area (Å²) in [5, 5.41) is 54.5. The lowest BCUT2D eigenvalue weighted by Gasteiger charge is -2.71. The normalized spacial score (nSPS) is 55.9. The van der Waals surface area contributed by atoms with Gasteiger partial charge in [-0.15, -0.1) is 0 Å². The first-order chi connectivity index (χ1) is 16.5. The Morgan fingerprint density at radius 1 is 0.917 bits per heavy atom. The molecule has 0 spiro atoms. The topological polar surface area (TPSA) is 118 Å². The number of carboxylic acids is 1. The number of carboxylic acid groups (broad SMARTS) is 1. The van der Waals surface area contributed by atoms with Crippen LogP contribution in [0.2, 0.25) is 0 Å². The number of fused-ring (bicyclic) bond motifs is 7. The Bertz CT molecular complexity index is 974. The molecule has 0 heterocycles. The van der Waals surface area contributed by atoms with Crippen LogP contribution in [0.25, 0.3) is 0 Å². The molecule has 6 nitrogen and oxygen atoms in total. The molecule has 0 saturated heterocycles. The van der Waals surface area contributed by atoms with E-state index in [9.17, 15) is 30.3 Å². The van der Waals surface area contributed by atoms with Gasteiger partial charge in [0, 0.05) is 11.3 Å². The predicted octanol–water partition coefficient (Wildman–Crippen LogP) is 4.15. The van der Waals surface area contributed by atoms with Gasteiger partial charge in [-0.05, 0) is 84.9 Å². The minimum Gasteiger partial charge on any atom is -0.481 e. The Morgan fingerprint density at radius 3 is 2.17 bits per heavy atom. The van der Waals surface area contributed by atoms with Crippen LogP contribution in [0.1, 0.15) is 92.9 Å². The molecule has 0 amide bonds. The molecule has 2 unspecified atom stereocenters. The van der Waals surface area contributed by atoms with Crippen LogP contribution in [0.4, 0.5) is 0 Å². The van der Waals surface area contributed by atoms with Crippen LogP contribution in [0, 0.1) is 50.2 Å². The second kappa shape index (κ2) is 7.80. The third-order valence-electron chi connectivity index (χ3n) is 13.4. The zero-order chi connectivity index (χ0) is 26.7. The Hall–Kier alpha value is -0.950. The summed E-state index contributed by atoms with van der Waals surface area (Å²) in [6, 6.07) is 0. The highest BCUT2D eigenvalue weighted by Gasteiger charge is 2.71. The van der Waals surface area contributed by atoms with Crippen molar-refractivity contribution in [2.45, 2.75) is 111 Å². The van der Waals surface area contributed by atoms with Crippen molar-refractivity contribution >= 4 is 5.97 Å². The van der Waals surface area contributed by atoms with Gasteiger partial charge in [0.25, 0.3) is 0 Å². The molecule has 36 heavy (non-hydrogen) atoms. The second-order valence-electron chi connectivity index (χ2n) is 15.0. The van der Waals surface area contributed by atoms with Gasteiger partial charge in [0.15, 0.2) is 0 Å². The first kappa shape index (κ1) is 26.6. The Labute approximate surface area is 216 Å². The maximum absolute atomic E-state index is 12.8. The highest BCUT2D eigenvalue weighted by Crippen LogP contribution is 2.75. The van der Waals surface area contributed by atoms with Gasteiger partial charge in [0.05, 0.1) is 30.3 Å². The lowest BCUT2D eigenvalue weighted by molar-refractivity contribution is -0.245.